The molecule has 7 nitrogen and oxygen atoms in total. The molecule has 2 heterocycles. The van der Waals surface area contributed by atoms with E-state index in [2.05, 4.69) is 35.2 Å². The van der Waals surface area contributed by atoms with Crippen LogP contribution in [0.3, 0.4) is 0 Å². The topological polar surface area (TPSA) is 89.6 Å². The first-order valence-corrected chi connectivity index (χ1v) is 5.06. The minimum absolute atomic E-state index is 0.0338. The van der Waals surface area contributed by atoms with Crippen LogP contribution in [0.4, 0.5) is 5.82 Å². The Hall–Kier alpha value is -1.47. The zero-order valence-electron chi connectivity index (χ0n) is 7.89. The molecule has 0 saturated carbocycles. The molecule has 0 spiro atoms. The summed E-state index contributed by atoms with van der Waals surface area (Å²) >= 11 is 11.3. The largest absolute Gasteiger partial charge is 0.367 e. The quantitative estimate of drug-likeness (QED) is 0.884. The Labute approximate surface area is 100 Å². The highest BCUT2D eigenvalue weighted by molar-refractivity contribution is 6.32. The second-order valence-corrected chi connectivity index (χ2v) is 3.44. The molecular formula is C7H6Cl2N6O. The highest BCUT2D eigenvalue weighted by Gasteiger charge is 2.05. The summed E-state index contributed by atoms with van der Waals surface area (Å²) in [5.74, 6) is 0.974. The van der Waals surface area contributed by atoms with E-state index in [1.807, 2.05) is 0 Å². The van der Waals surface area contributed by atoms with E-state index in [4.69, 9.17) is 23.2 Å². The van der Waals surface area contributed by atoms with Crippen LogP contribution < -0.4 is 5.32 Å². The molecule has 0 atom stereocenters. The fourth-order valence-electron chi connectivity index (χ4n) is 1.00. The molecule has 2 aromatic rings. The second kappa shape index (κ2) is 5.04. The maximum Gasteiger partial charge on any atom is 0.245 e. The summed E-state index contributed by atoms with van der Waals surface area (Å²) in [6.45, 7) is 0.536. The molecule has 0 aliphatic carbocycles. The van der Waals surface area contributed by atoms with Gasteiger partial charge in [-0.05, 0) is 11.6 Å². The van der Waals surface area contributed by atoms with Gasteiger partial charge in [0.15, 0.2) is 16.8 Å². The number of aromatic nitrogens is 5. The molecule has 0 fully saturated rings. The lowest BCUT2D eigenvalue weighted by Crippen LogP contribution is -2.09. The van der Waals surface area contributed by atoms with E-state index >= 15 is 0 Å². The summed E-state index contributed by atoms with van der Waals surface area (Å²) < 4.78 is 4.59. The summed E-state index contributed by atoms with van der Waals surface area (Å²) in [6.07, 6.45) is 1.85. The second-order valence-electron chi connectivity index (χ2n) is 2.74. The number of hydrogen-bond acceptors (Lipinski definition) is 7. The zero-order valence-corrected chi connectivity index (χ0v) is 9.40. The van der Waals surface area contributed by atoms with Crippen LogP contribution in [0.2, 0.25) is 10.4 Å². The molecule has 2 rings (SSSR count). The normalized spacial score (nSPS) is 10.4. The van der Waals surface area contributed by atoms with Crippen LogP contribution in [-0.2, 0) is 6.42 Å². The lowest BCUT2D eigenvalue weighted by molar-refractivity contribution is 0.410. The molecule has 1 N–H and O–H groups in total. The van der Waals surface area contributed by atoms with Crippen molar-refractivity contribution in [1.29, 1.82) is 0 Å². The van der Waals surface area contributed by atoms with Crippen molar-refractivity contribution in [2.24, 2.45) is 0 Å². The summed E-state index contributed by atoms with van der Waals surface area (Å²) in [4.78, 5) is 7.74. The van der Waals surface area contributed by atoms with E-state index in [1.165, 1.54) is 6.39 Å². The average Bonchev–Trinajstić information content (AvgIpc) is 2.76. The first kappa shape index (κ1) is 11.0. The molecule has 84 valence electrons. The summed E-state index contributed by atoms with van der Waals surface area (Å²) in [5, 5.41) is 13.9. The molecule has 16 heavy (non-hydrogen) atoms. The van der Waals surface area contributed by atoms with E-state index in [0.717, 1.165) is 0 Å². The van der Waals surface area contributed by atoms with Crippen LogP contribution in [0.5, 0.6) is 0 Å². The van der Waals surface area contributed by atoms with Crippen LogP contribution >= 0.6 is 23.2 Å². The van der Waals surface area contributed by atoms with E-state index in [0.29, 0.717) is 24.6 Å². The fraction of sp³-hybridized carbons (Fsp3) is 0.286. The van der Waals surface area contributed by atoms with Gasteiger partial charge in [-0.25, -0.2) is 0 Å². The highest BCUT2D eigenvalue weighted by Crippen LogP contribution is 2.16. The van der Waals surface area contributed by atoms with Crippen molar-refractivity contribution in [2.75, 3.05) is 11.9 Å². The summed E-state index contributed by atoms with van der Waals surface area (Å²) in [7, 11) is 0. The molecule has 0 amide bonds. The molecular weight excluding hydrogens is 255 g/mol. The molecule has 0 radical (unpaired) electrons. The van der Waals surface area contributed by atoms with Gasteiger partial charge < -0.3 is 9.84 Å². The van der Waals surface area contributed by atoms with Gasteiger partial charge in [-0.1, -0.05) is 16.8 Å². The number of nitrogens with zero attached hydrogens (tertiary/aromatic N) is 5. The highest BCUT2D eigenvalue weighted by atomic mass is 35.5. The Morgan fingerprint density at radius 3 is 2.94 bits per heavy atom. The maximum atomic E-state index is 5.75. The van der Waals surface area contributed by atoms with Crippen molar-refractivity contribution in [3.8, 4) is 0 Å². The predicted molar refractivity (Wildman–Crippen MR) is 56.3 cm³/mol. The monoisotopic (exact) mass is 260 g/mol. The van der Waals surface area contributed by atoms with Gasteiger partial charge in [0.25, 0.3) is 0 Å². The van der Waals surface area contributed by atoms with Gasteiger partial charge in [0.1, 0.15) is 0 Å². The van der Waals surface area contributed by atoms with Crippen molar-refractivity contribution in [1.82, 2.24) is 25.3 Å². The lowest BCUT2D eigenvalue weighted by atomic mass is 10.4. The molecule has 0 aromatic carbocycles. The first-order chi connectivity index (χ1) is 7.75. The SMILES string of the molecule is Clc1nnc(Cl)c(NCCc2ncon2)n1. The van der Waals surface area contributed by atoms with Crippen molar-refractivity contribution in [3.63, 3.8) is 0 Å². The molecule has 0 bridgehead atoms. The third-order valence-corrected chi connectivity index (χ3v) is 2.08. The molecule has 0 aliphatic heterocycles. The van der Waals surface area contributed by atoms with Gasteiger partial charge in [-0.15, -0.1) is 10.2 Å². The number of rotatable bonds is 4. The Kier molecular flexibility index (Phi) is 3.47. The van der Waals surface area contributed by atoms with Crippen molar-refractivity contribution in [3.05, 3.63) is 22.7 Å². The van der Waals surface area contributed by atoms with Gasteiger partial charge in [0.2, 0.25) is 11.7 Å². The minimum Gasteiger partial charge on any atom is -0.367 e. The fourth-order valence-corrected chi connectivity index (χ4v) is 1.27. The lowest BCUT2D eigenvalue weighted by Gasteiger charge is -2.04. The van der Waals surface area contributed by atoms with Crippen molar-refractivity contribution < 1.29 is 4.52 Å². The third-order valence-electron chi connectivity index (χ3n) is 1.67. The van der Waals surface area contributed by atoms with E-state index < -0.39 is 0 Å². The van der Waals surface area contributed by atoms with Gasteiger partial charge in [0, 0.05) is 13.0 Å². The number of nitrogens with one attached hydrogen (secondary N) is 1. The third kappa shape index (κ3) is 2.77. The number of hydrogen-bond donors (Lipinski definition) is 1. The Bertz CT molecular complexity index is 462. The van der Waals surface area contributed by atoms with Crippen LogP contribution in [0.1, 0.15) is 5.82 Å². The molecule has 9 heteroatoms. The molecule has 0 unspecified atom stereocenters. The van der Waals surface area contributed by atoms with Crippen LogP contribution in [-0.4, -0.2) is 31.9 Å². The summed E-state index contributed by atoms with van der Waals surface area (Å²) in [5.41, 5.74) is 0. The predicted octanol–water partition coefficient (Wildman–Crippen LogP) is 1.22. The van der Waals surface area contributed by atoms with E-state index in [-0.39, 0.29) is 10.4 Å². The Morgan fingerprint density at radius 1 is 1.31 bits per heavy atom. The van der Waals surface area contributed by atoms with Crippen LogP contribution in [0.25, 0.3) is 0 Å². The molecule has 0 saturated heterocycles. The van der Waals surface area contributed by atoms with Gasteiger partial charge in [0.05, 0.1) is 0 Å². The van der Waals surface area contributed by atoms with Crippen LogP contribution in [0, 0.1) is 0 Å². The Morgan fingerprint density at radius 2 is 2.19 bits per heavy atom. The van der Waals surface area contributed by atoms with Crippen molar-refractivity contribution in [2.45, 2.75) is 6.42 Å². The van der Waals surface area contributed by atoms with Crippen molar-refractivity contribution >= 4 is 29.0 Å². The standard InChI is InChI=1S/C7H6Cl2N6O/c8-5-6(12-7(9)14-13-5)10-2-1-4-11-3-16-15-4/h3H,1-2H2,(H,10,12,14). The molecule has 0 aliphatic rings. The average molecular weight is 261 g/mol. The molecule has 2 aromatic heterocycles. The maximum absolute atomic E-state index is 5.75. The first-order valence-electron chi connectivity index (χ1n) is 4.30. The Balaban J connectivity index is 1.92. The van der Waals surface area contributed by atoms with Gasteiger partial charge in [-0.3, -0.25) is 0 Å². The zero-order chi connectivity index (χ0) is 11.4. The van der Waals surface area contributed by atoms with E-state index in [9.17, 15) is 0 Å². The minimum atomic E-state index is 0.0338. The van der Waals surface area contributed by atoms with E-state index in [1.54, 1.807) is 0 Å². The summed E-state index contributed by atoms with van der Waals surface area (Å²) in [6, 6.07) is 0. The van der Waals surface area contributed by atoms with Gasteiger partial charge in [-0.2, -0.15) is 9.97 Å². The van der Waals surface area contributed by atoms with Crippen LogP contribution in [0.15, 0.2) is 10.9 Å². The number of anilines is 1. The smallest absolute Gasteiger partial charge is 0.245 e. The van der Waals surface area contributed by atoms with Gasteiger partial charge >= 0.3 is 0 Å². The number of halogens is 2.